The van der Waals surface area contributed by atoms with Crippen molar-refractivity contribution in [3.8, 4) is 11.8 Å². The van der Waals surface area contributed by atoms with Crippen molar-refractivity contribution in [2.75, 3.05) is 19.0 Å². The van der Waals surface area contributed by atoms with Gasteiger partial charge in [0.25, 0.3) is 6.47 Å². The van der Waals surface area contributed by atoms with Crippen LogP contribution in [0, 0.1) is 17.2 Å². The Balaban J connectivity index is 0.000000279. The van der Waals surface area contributed by atoms with Crippen molar-refractivity contribution in [2.45, 2.75) is 52.5 Å². The number of nitrogens with one attached hydrogen (secondary N) is 1. The van der Waals surface area contributed by atoms with Crippen molar-refractivity contribution in [1.29, 1.82) is 5.26 Å². The van der Waals surface area contributed by atoms with Crippen LogP contribution in [-0.2, 0) is 42.4 Å². The van der Waals surface area contributed by atoms with Crippen LogP contribution in [0.15, 0.2) is 36.8 Å². The minimum absolute atomic E-state index is 0.250. The zero-order chi connectivity index (χ0) is 28.3. The Bertz CT molecular complexity index is 1150. The SMILES string of the molecule is CCOc1ccccc1CCC=O.CNc1sc2c(c1C#N)CCC(C)C2.Cn1cncc1CN.O=CO. The van der Waals surface area contributed by atoms with Gasteiger partial charge in [0.1, 0.15) is 23.1 Å². The predicted octanol–water partition coefficient (Wildman–Crippen LogP) is 4.58. The summed E-state index contributed by atoms with van der Waals surface area (Å²) in [6.45, 7) is 5.22. The number of thiophene rings is 1. The lowest BCUT2D eigenvalue weighted by Crippen LogP contribution is -2.09. The smallest absolute Gasteiger partial charge is 0.290 e. The van der Waals surface area contributed by atoms with E-state index in [0.717, 1.165) is 59.0 Å². The highest BCUT2D eigenvalue weighted by atomic mass is 32.1. The van der Waals surface area contributed by atoms with E-state index in [4.69, 9.17) is 25.6 Å². The lowest BCUT2D eigenvalue weighted by Gasteiger charge is -2.17. The predicted molar refractivity (Wildman–Crippen MR) is 152 cm³/mol. The molecule has 1 atom stereocenters. The highest BCUT2D eigenvalue weighted by molar-refractivity contribution is 7.16. The van der Waals surface area contributed by atoms with Crippen molar-refractivity contribution in [1.82, 2.24) is 9.55 Å². The number of aldehydes is 1. The van der Waals surface area contributed by atoms with E-state index in [1.807, 2.05) is 49.9 Å². The van der Waals surface area contributed by atoms with Crippen molar-refractivity contribution in [3.05, 3.63) is 64.1 Å². The monoisotopic (exact) mass is 541 g/mol. The van der Waals surface area contributed by atoms with Crippen molar-refractivity contribution >= 4 is 29.1 Å². The first-order chi connectivity index (χ1) is 18.4. The van der Waals surface area contributed by atoms with Crippen LogP contribution >= 0.6 is 11.3 Å². The summed E-state index contributed by atoms with van der Waals surface area (Å²) in [5, 5.41) is 20.1. The van der Waals surface area contributed by atoms with Gasteiger partial charge in [-0.3, -0.25) is 4.79 Å². The van der Waals surface area contributed by atoms with Gasteiger partial charge >= 0.3 is 0 Å². The highest BCUT2D eigenvalue weighted by Crippen LogP contribution is 2.38. The highest BCUT2D eigenvalue weighted by Gasteiger charge is 2.23. The lowest BCUT2D eigenvalue weighted by atomic mass is 9.89. The van der Waals surface area contributed by atoms with Crippen LogP contribution < -0.4 is 15.8 Å². The molecular formula is C28H39N5O4S. The molecule has 4 N–H and O–H groups in total. The molecule has 0 fully saturated rings. The molecule has 2 aromatic heterocycles. The first kappa shape index (κ1) is 32.3. The van der Waals surface area contributed by atoms with E-state index >= 15 is 0 Å². The number of carbonyl (C=O) groups is 2. The number of nitrogens with zero attached hydrogens (tertiary/aromatic N) is 3. The van der Waals surface area contributed by atoms with E-state index in [2.05, 4.69) is 23.3 Å². The molecular weight excluding hydrogens is 502 g/mol. The van der Waals surface area contributed by atoms with Crippen molar-refractivity contribution < 1.29 is 19.4 Å². The second kappa shape index (κ2) is 18.5. The van der Waals surface area contributed by atoms with Gasteiger partial charge in [-0.15, -0.1) is 11.3 Å². The van der Waals surface area contributed by atoms with Crippen LogP contribution in [0.4, 0.5) is 5.00 Å². The fourth-order valence-electron chi connectivity index (χ4n) is 3.85. The number of benzene rings is 1. The molecule has 0 aliphatic heterocycles. The van der Waals surface area contributed by atoms with Gasteiger partial charge in [-0.25, -0.2) is 4.98 Å². The molecule has 2 heterocycles. The summed E-state index contributed by atoms with van der Waals surface area (Å²) in [7, 11) is 3.82. The maximum atomic E-state index is 10.2. The molecule has 9 nitrogen and oxygen atoms in total. The Labute approximate surface area is 229 Å². The maximum absolute atomic E-state index is 10.2. The number of ether oxygens (including phenoxy) is 1. The fourth-order valence-corrected chi connectivity index (χ4v) is 5.16. The molecule has 0 amide bonds. The van der Waals surface area contributed by atoms with Crippen molar-refractivity contribution in [2.24, 2.45) is 18.7 Å². The zero-order valence-corrected chi connectivity index (χ0v) is 23.5. The van der Waals surface area contributed by atoms with Gasteiger partial charge in [-0.05, 0) is 55.7 Å². The van der Waals surface area contributed by atoms with Crippen LogP contribution in [0.5, 0.6) is 5.75 Å². The molecule has 38 heavy (non-hydrogen) atoms. The third-order valence-corrected chi connectivity index (χ3v) is 7.05. The number of carbonyl (C=O) groups excluding carboxylic acids is 1. The van der Waals surface area contributed by atoms with E-state index in [1.54, 1.807) is 23.9 Å². The number of nitriles is 1. The standard InChI is InChI=1S/C11H14N2S.C11H14O2.C5H9N3.CH2O2/c1-7-3-4-8-9(6-12)11(13-2)14-10(8)5-7;1-2-13-11-8-4-3-6-10(11)7-5-9-12;1-8-4-7-3-5(8)2-6;2-1-3/h7,13H,3-5H2,1-2H3;3-4,6,8-9H,2,5,7H2,1H3;3-4H,2,6H2,1H3;1H,(H,2,3). The number of anilines is 1. The summed E-state index contributed by atoms with van der Waals surface area (Å²) in [5.74, 6) is 1.67. The normalized spacial score (nSPS) is 13.0. The lowest BCUT2D eigenvalue weighted by molar-refractivity contribution is -0.122. The molecule has 0 radical (unpaired) electrons. The summed E-state index contributed by atoms with van der Waals surface area (Å²) < 4.78 is 7.32. The van der Waals surface area contributed by atoms with Gasteiger partial charge in [0, 0.05) is 38.1 Å². The van der Waals surface area contributed by atoms with Crippen LogP contribution in [0.2, 0.25) is 0 Å². The Hall–Kier alpha value is -3.68. The first-order valence-corrected chi connectivity index (χ1v) is 13.3. The Kier molecular flexibility index (Phi) is 15.8. The largest absolute Gasteiger partial charge is 0.494 e. The molecule has 0 bridgehead atoms. The molecule has 4 rings (SSSR count). The second-order valence-corrected chi connectivity index (χ2v) is 9.57. The molecule has 1 aromatic carbocycles. The summed E-state index contributed by atoms with van der Waals surface area (Å²) in [6.07, 6.45) is 9.21. The van der Waals surface area contributed by atoms with Gasteiger partial charge in [0.05, 0.1) is 24.2 Å². The summed E-state index contributed by atoms with van der Waals surface area (Å²) >= 11 is 1.76. The van der Waals surface area contributed by atoms with Gasteiger partial charge < -0.3 is 30.3 Å². The van der Waals surface area contributed by atoms with Crippen LogP contribution in [0.3, 0.4) is 0 Å². The maximum Gasteiger partial charge on any atom is 0.290 e. The molecule has 3 aromatic rings. The second-order valence-electron chi connectivity index (χ2n) is 8.47. The molecule has 1 aliphatic carbocycles. The van der Waals surface area contributed by atoms with Crippen LogP contribution in [0.1, 0.15) is 54.0 Å². The number of aromatic nitrogens is 2. The first-order valence-electron chi connectivity index (χ1n) is 12.5. The van der Waals surface area contributed by atoms with E-state index in [9.17, 15) is 4.79 Å². The van der Waals surface area contributed by atoms with E-state index < -0.39 is 0 Å². The molecule has 206 valence electrons. The third kappa shape index (κ3) is 10.4. The number of aryl methyl sites for hydroxylation is 2. The van der Waals surface area contributed by atoms with Gasteiger partial charge in [-0.2, -0.15) is 5.26 Å². The number of fused-ring (bicyclic) bond motifs is 1. The number of para-hydroxylation sites is 1. The third-order valence-electron chi connectivity index (χ3n) is 5.78. The van der Waals surface area contributed by atoms with E-state index in [-0.39, 0.29) is 6.47 Å². The molecule has 1 aliphatic rings. The topological polar surface area (TPSA) is 143 Å². The summed E-state index contributed by atoms with van der Waals surface area (Å²) in [6, 6.07) is 10.1. The van der Waals surface area contributed by atoms with Gasteiger partial charge in [0.2, 0.25) is 0 Å². The van der Waals surface area contributed by atoms with Crippen LogP contribution in [0.25, 0.3) is 0 Å². The molecule has 1 unspecified atom stereocenters. The van der Waals surface area contributed by atoms with Gasteiger partial charge in [-0.1, -0.05) is 25.1 Å². The molecule has 0 saturated carbocycles. The zero-order valence-electron chi connectivity index (χ0n) is 22.6. The van der Waals surface area contributed by atoms with Gasteiger partial charge in [0.15, 0.2) is 0 Å². The van der Waals surface area contributed by atoms with Crippen molar-refractivity contribution in [3.63, 3.8) is 0 Å². The number of hydrogen-bond donors (Lipinski definition) is 3. The number of nitrogens with two attached hydrogens (primary N) is 1. The number of imidazole rings is 1. The summed E-state index contributed by atoms with van der Waals surface area (Å²) in [5.41, 5.74) is 9.70. The van der Waals surface area contributed by atoms with E-state index in [0.29, 0.717) is 19.6 Å². The molecule has 0 saturated heterocycles. The Morgan fingerprint density at radius 1 is 1.37 bits per heavy atom. The minimum atomic E-state index is -0.250. The Morgan fingerprint density at radius 3 is 2.61 bits per heavy atom. The fraction of sp³-hybridized carbons (Fsp3) is 0.429. The summed E-state index contributed by atoms with van der Waals surface area (Å²) in [4.78, 5) is 23.9. The number of rotatable bonds is 7. The minimum Gasteiger partial charge on any atom is -0.494 e. The molecule has 0 spiro atoms. The molecule has 10 heteroatoms. The van der Waals surface area contributed by atoms with Crippen LogP contribution in [-0.4, -0.2) is 41.1 Å². The Morgan fingerprint density at radius 2 is 2.08 bits per heavy atom. The number of carboxylic acid groups (broad SMARTS) is 1. The quantitative estimate of drug-likeness (QED) is 0.369. The average molecular weight is 542 g/mol. The average Bonchev–Trinajstić information content (AvgIpc) is 3.51. The van der Waals surface area contributed by atoms with E-state index in [1.165, 1.54) is 16.9 Å². The number of hydrogen-bond acceptors (Lipinski definition) is 8.